The maximum atomic E-state index is 13.3. The van der Waals surface area contributed by atoms with Gasteiger partial charge >= 0.3 is 6.18 Å². The van der Waals surface area contributed by atoms with E-state index >= 15 is 0 Å². The Kier molecular flexibility index (Phi) is 6.63. The number of nitrogens with zero attached hydrogens (tertiary/aromatic N) is 3. The van der Waals surface area contributed by atoms with E-state index in [1.807, 2.05) is 13.0 Å². The minimum absolute atomic E-state index is 0.111. The van der Waals surface area contributed by atoms with Crippen LogP contribution in [0, 0.1) is 18.8 Å². The molecule has 10 heteroatoms. The van der Waals surface area contributed by atoms with Crippen molar-refractivity contribution in [2.75, 3.05) is 38.0 Å². The minimum atomic E-state index is -4.61. The van der Waals surface area contributed by atoms with Gasteiger partial charge in [0, 0.05) is 62.2 Å². The highest BCUT2D eigenvalue weighted by molar-refractivity contribution is 6.31. The number of benzene rings is 1. The number of aromatic nitrogens is 1. The molecular formula is C23H24ClF3N4O2. The minimum Gasteiger partial charge on any atom is -0.338 e. The fraction of sp³-hybridized carbons (Fsp3) is 0.435. The molecule has 2 fully saturated rings. The van der Waals surface area contributed by atoms with Gasteiger partial charge in [0.1, 0.15) is 0 Å². The molecule has 0 bridgehead atoms. The van der Waals surface area contributed by atoms with Gasteiger partial charge < -0.3 is 15.1 Å². The number of pyridine rings is 1. The molecule has 1 aromatic carbocycles. The number of carbonyl (C=O) groups excluding carboxylic acids is 2. The van der Waals surface area contributed by atoms with Crippen LogP contribution >= 0.6 is 11.6 Å². The number of aryl methyl sites for hydroxylation is 1. The Balaban J connectivity index is 1.28. The van der Waals surface area contributed by atoms with Crippen molar-refractivity contribution in [1.82, 2.24) is 14.8 Å². The summed E-state index contributed by atoms with van der Waals surface area (Å²) < 4.78 is 39.8. The maximum absolute atomic E-state index is 13.3. The number of rotatable bonds is 5. The monoisotopic (exact) mass is 480 g/mol. The largest absolute Gasteiger partial charge is 0.417 e. The second kappa shape index (κ2) is 9.30. The van der Waals surface area contributed by atoms with E-state index < -0.39 is 23.2 Å². The van der Waals surface area contributed by atoms with Crippen molar-refractivity contribution in [2.24, 2.45) is 11.8 Å². The molecule has 176 valence electrons. The maximum Gasteiger partial charge on any atom is 0.417 e. The topological polar surface area (TPSA) is 65.5 Å². The number of likely N-dealkylation sites (tertiary alicyclic amines) is 2. The standard InChI is InChI=1S/C23H24ClF3N4O2/c1-14-2-3-17(8-20(14)24)29-21(32)5-7-30-10-15-12-31(13-16(15)11-30)22(33)18-9-28-6-4-19(18)23(25,26)27/h2-4,6,8-9,15-16H,5,7,10-13H2,1H3,(H,29,32). The summed E-state index contributed by atoms with van der Waals surface area (Å²) >= 11 is 6.09. The van der Waals surface area contributed by atoms with Gasteiger partial charge in [-0.15, -0.1) is 0 Å². The van der Waals surface area contributed by atoms with Crippen molar-refractivity contribution in [2.45, 2.75) is 19.5 Å². The normalized spacial score (nSPS) is 20.7. The molecule has 2 aliphatic rings. The van der Waals surface area contributed by atoms with E-state index in [1.54, 1.807) is 12.1 Å². The van der Waals surface area contributed by atoms with Gasteiger partial charge in [0.15, 0.2) is 0 Å². The summed E-state index contributed by atoms with van der Waals surface area (Å²) in [7, 11) is 0. The molecule has 2 saturated heterocycles. The zero-order valence-corrected chi connectivity index (χ0v) is 18.8. The first-order chi connectivity index (χ1) is 15.6. The SMILES string of the molecule is Cc1ccc(NC(=O)CCN2CC3CN(C(=O)c4cnccc4C(F)(F)F)CC3C2)cc1Cl. The summed E-state index contributed by atoms with van der Waals surface area (Å²) in [6.45, 7) is 4.68. The van der Waals surface area contributed by atoms with Crippen LogP contribution in [0.2, 0.25) is 5.02 Å². The highest BCUT2D eigenvalue weighted by Crippen LogP contribution is 2.35. The molecule has 3 heterocycles. The van der Waals surface area contributed by atoms with E-state index in [4.69, 9.17) is 11.6 Å². The van der Waals surface area contributed by atoms with Gasteiger partial charge in [0.05, 0.1) is 11.1 Å². The highest BCUT2D eigenvalue weighted by Gasteiger charge is 2.43. The lowest BCUT2D eigenvalue weighted by molar-refractivity contribution is -0.138. The average Bonchev–Trinajstić information content (AvgIpc) is 3.33. The van der Waals surface area contributed by atoms with Crippen molar-refractivity contribution in [1.29, 1.82) is 0 Å². The van der Waals surface area contributed by atoms with Gasteiger partial charge in [0.25, 0.3) is 5.91 Å². The zero-order valence-electron chi connectivity index (χ0n) is 18.0. The molecule has 0 aliphatic carbocycles. The molecular weight excluding hydrogens is 457 g/mol. The third-order valence-electron chi connectivity index (χ3n) is 6.32. The predicted molar refractivity (Wildman–Crippen MR) is 118 cm³/mol. The van der Waals surface area contributed by atoms with E-state index in [1.165, 1.54) is 4.90 Å². The smallest absolute Gasteiger partial charge is 0.338 e. The van der Waals surface area contributed by atoms with Crippen molar-refractivity contribution >= 4 is 29.1 Å². The number of amides is 2. The van der Waals surface area contributed by atoms with E-state index in [9.17, 15) is 22.8 Å². The van der Waals surface area contributed by atoms with Gasteiger partial charge in [-0.25, -0.2) is 0 Å². The summed E-state index contributed by atoms with van der Waals surface area (Å²) in [4.78, 5) is 32.4. The van der Waals surface area contributed by atoms with Gasteiger partial charge in [0.2, 0.25) is 5.91 Å². The molecule has 1 N–H and O–H groups in total. The summed E-state index contributed by atoms with van der Waals surface area (Å²) in [6, 6.07) is 6.20. The quantitative estimate of drug-likeness (QED) is 0.700. The Bertz CT molecular complexity index is 1050. The number of hydrogen-bond donors (Lipinski definition) is 1. The Morgan fingerprint density at radius 3 is 2.48 bits per heavy atom. The molecule has 2 atom stereocenters. The predicted octanol–water partition coefficient (Wildman–Crippen LogP) is 4.09. The van der Waals surface area contributed by atoms with Crippen LogP contribution in [0.5, 0.6) is 0 Å². The molecule has 0 radical (unpaired) electrons. The van der Waals surface area contributed by atoms with E-state index in [-0.39, 0.29) is 17.7 Å². The van der Waals surface area contributed by atoms with Crippen LogP contribution in [-0.4, -0.2) is 59.3 Å². The first kappa shape index (κ1) is 23.5. The van der Waals surface area contributed by atoms with Crippen LogP contribution in [-0.2, 0) is 11.0 Å². The van der Waals surface area contributed by atoms with E-state index in [0.29, 0.717) is 49.9 Å². The lowest BCUT2D eigenvalue weighted by atomic mass is 10.0. The lowest BCUT2D eigenvalue weighted by Gasteiger charge is -2.22. The number of anilines is 1. The molecule has 1 aromatic heterocycles. The lowest BCUT2D eigenvalue weighted by Crippen LogP contribution is -2.35. The van der Waals surface area contributed by atoms with Crippen LogP contribution in [0.3, 0.4) is 0 Å². The summed E-state index contributed by atoms with van der Waals surface area (Å²) in [6.07, 6.45) is -2.26. The number of fused-ring (bicyclic) bond motifs is 1. The van der Waals surface area contributed by atoms with Crippen molar-refractivity contribution < 1.29 is 22.8 Å². The molecule has 6 nitrogen and oxygen atoms in total. The Hall–Kier alpha value is -2.65. The van der Waals surface area contributed by atoms with Crippen LogP contribution in [0.25, 0.3) is 0 Å². The third kappa shape index (κ3) is 5.30. The van der Waals surface area contributed by atoms with Gasteiger partial charge in [-0.05, 0) is 42.5 Å². The van der Waals surface area contributed by atoms with Gasteiger partial charge in [-0.2, -0.15) is 13.2 Å². The van der Waals surface area contributed by atoms with E-state index in [2.05, 4.69) is 15.2 Å². The number of hydrogen-bond acceptors (Lipinski definition) is 4. The Labute approximate surface area is 194 Å². The first-order valence-corrected chi connectivity index (χ1v) is 11.1. The second-order valence-electron chi connectivity index (χ2n) is 8.67. The first-order valence-electron chi connectivity index (χ1n) is 10.7. The number of carbonyl (C=O) groups is 2. The number of nitrogens with one attached hydrogen (secondary N) is 1. The molecule has 2 aliphatic heterocycles. The Morgan fingerprint density at radius 2 is 1.85 bits per heavy atom. The van der Waals surface area contributed by atoms with Crippen LogP contribution in [0.15, 0.2) is 36.7 Å². The molecule has 0 saturated carbocycles. The highest BCUT2D eigenvalue weighted by atomic mass is 35.5. The van der Waals surface area contributed by atoms with Gasteiger partial charge in [-0.3, -0.25) is 14.6 Å². The van der Waals surface area contributed by atoms with Crippen LogP contribution in [0.4, 0.5) is 18.9 Å². The fourth-order valence-electron chi connectivity index (χ4n) is 4.57. The van der Waals surface area contributed by atoms with Crippen molar-refractivity contribution in [3.63, 3.8) is 0 Å². The Morgan fingerprint density at radius 1 is 1.15 bits per heavy atom. The second-order valence-corrected chi connectivity index (χ2v) is 9.08. The number of alkyl halides is 3. The molecule has 0 spiro atoms. The average molecular weight is 481 g/mol. The molecule has 2 unspecified atom stereocenters. The fourth-order valence-corrected chi connectivity index (χ4v) is 4.76. The summed E-state index contributed by atoms with van der Waals surface area (Å²) in [5.74, 6) is -0.384. The summed E-state index contributed by atoms with van der Waals surface area (Å²) in [5.41, 5.74) is 0.220. The molecule has 2 amide bonds. The third-order valence-corrected chi connectivity index (χ3v) is 6.72. The van der Waals surface area contributed by atoms with Crippen molar-refractivity contribution in [3.8, 4) is 0 Å². The van der Waals surface area contributed by atoms with Crippen LogP contribution in [0.1, 0.15) is 27.9 Å². The molecule has 33 heavy (non-hydrogen) atoms. The molecule has 2 aromatic rings. The van der Waals surface area contributed by atoms with E-state index in [0.717, 1.165) is 24.0 Å². The zero-order chi connectivity index (χ0) is 23.8. The van der Waals surface area contributed by atoms with Gasteiger partial charge in [-0.1, -0.05) is 17.7 Å². The number of halogens is 4. The molecule has 4 rings (SSSR count). The summed E-state index contributed by atoms with van der Waals surface area (Å²) in [5, 5.41) is 3.43. The van der Waals surface area contributed by atoms with Crippen molar-refractivity contribution in [3.05, 3.63) is 58.4 Å². The van der Waals surface area contributed by atoms with Crippen LogP contribution < -0.4 is 5.32 Å².